The molecule has 2 aromatic rings. The molecule has 2 rings (SSSR count). The second kappa shape index (κ2) is 5.55. The van der Waals surface area contributed by atoms with Gasteiger partial charge in [-0.1, -0.05) is 35.3 Å². The van der Waals surface area contributed by atoms with Crippen molar-refractivity contribution in [1.82, 2.24) is 0 Å². The summed E-state index contributed by atoms with van der Waals surface area (Å²) < 4.78 is 26.3. The van der Waals surface area contributed by atoms with Crippen LogP contribution in [-0.4, -0.2) is 0 Å². The molecule has 0 spiro atoms. The van der Waals surface area contributed by atoms with E-state index in [1.54, 1.807) is 12.1 Å². The van der Waals surface area contributed by atoms with E-state index in [0.29, 0.717) is 11.6 Å². The summed E-state index contributed by atoms with van der Waals surface area (Å²) in [6.07, 6.45) is 0. The summed E-state index contributed by atoms with van der Waals surface area (Å²) in [4.78, 5) is 0. The lowest BCUT2D eigenvalue weighted by Gasteiger charge is -2.09. The molecule has 18 heavy (non-hydrogen) atoms. The Labute approximate surface area is 113 Å². The molecule has 0 unspecified atom stereocenters. The van der Waals surface area contributed by atoms with Crippen LogP contribution >= 0.6 is 23.2 Å². The molecule has 0 aromatic heterocycles. The summed E-state index contributed by atoms with van der Waals surface area (Å²) in [5.74, 6) is -1.41. The van der Waals surface area contributed by atoms with Gasteiger partial charge in [0.25, 0.3) is 0 Å². The molecule has 0 amide bonds. The Bertz CT molecular complexity index is 532. The van der Waals surface area contributed by atoms with Crippen molar-refractivity contribution in [3.8, 4) is 0 Å². The monoisotopic (exact) mass is 287 g/mol. The summed E-state index contributed by atoms with van der Waals surface area (Å²) in [5, 5.41) is 3.47. The summed E-state index contributed by atoms with van der Waals surface area (Å²) in [5.41, 5.74) is 1.01. The van der Waals surface area contributed by atoms with Crippen molar-refractivity contribution in [2.75, 3.05) is 5.32 Å². The van der Waals surface area contributed by atoms with Gasteiger partial charge in [-0.2, -0.15) is 0 Å². The molecule has 0 fully saturated rings. The van der Waals surface area contributed by atoms with Crippen LogP contribution in [0.25, 0.3) is 0 Å². The Hall–Kier alpha value is -1.32. The molecule has 0 heterocycles. The molecule has 0 radical (unpaired) electrons. The van der Waals surface area contributed by atoms with Crippen LogP contribution in [0.1, 0.15) is 5.56 Å². The topological polar surface area (TPSA) is 12.0 Å². The van der Waals surface area contributed by atoms with Crippen LogP contribution in [-0.2, 0) is 6.54 Å². The zero-order chi connectivity index (χ0) is 13.1. The minimum Gasteiger partial charge on any atom is -0.377 e. The lowest BCUT2D eigenvalue weighted by Crippen LogP contribution is -2.02. The van der Waals surface area contributed by atoms with Crippen LogP contribution in [0.4, 0.5) is 14.5 Å². The van der Waals surface area contributed by atoms with Crippen LogP contribution in [0.15, 0.2) is 36.4 Å². The van der Waals surface area contributed by atoms with Gasteiger partial charge in [-0.15, -0.1) is 0 Å². The van der Waals surface area contributed by atoms with Gasteiger partial charge >= 0.3 is 0 Å². The second-order valence-electron chi connectivity index (χ2n) is 3.72. The van der Waals surface area contributed by atoms with E-state index < -0.39 is 11.6 Å². The first-order valence-electron chi connectivity index (χ1n) is 5.19. The number of hydrogen-bond acceptors (Lipinski definition) is 1. The maximum Gasteiger partial charge on any atom is 0.150 e. The van der Waals surface area contributed by atoms with E-state index in [0.717, 1.165) is 17.7 Å². The highest BCUT2D eigenvalue weighted by Crippen LogP contribution is 2.26. The lowest BCUT2D eigenvalue weighted by molar-refractivity contribution is 0.585. The first-order valence-corrected chi connectivity index (χ1v) is 5.95. The summed E-state index contributed by atoms with van der Waals surface area (Å²) >= 11 is 11.5. The first kappa shape index (κ1) is 13.1. The van der Waals surface area contributed by atoms with Crippen molar-refractivity contribution in [3.05, 3.63) is 63.6 Å². The molecule has 0 aliphatic carbocycles. The zero-order valence-corrected chi connectivity index (χ0v) is 10.7. The average molecular weight is 288 g/mol. The first-order chi connectivity index (χ1) is 8.56. The Morgan fingerprint density at radius 3 is 2.28 bits per heavy atom. The maximum absolute atomic E-state index is 13.5. The van der Waals surface area contributed by atoms with Gasteiger partial charge in [0, 0.05) is 17.6 Å². The van der Waals surface area contributed by atoms with Gasteiger partial charge in [0.2, 0.25) is 0 Å². The predicted octanol–water partition coefficient (Wildman–Crippen LogP) is 4.88. The van der Waals surface area contributed by atoms with E-state index in [-0.39, 0.29) is 10.7 Å². The van der Waals surface area contributed by atoms with E-state index in [1.807, 2.05) is 12.1 Å². The number of anilines is 1. The fourth-order valence-electron chi connectivity index (χ4n) is 1.50. The Morgan fingerprint density at radius 1 is 1.00 bits per heavy atom. The van der Waals surface area contributed by atoms with Gasteiger partial charge in [0.15, 0.2) is 5.82 Å². The van der Waals surface area contributed by atoms with Gasteiger partial charge in [0.05, 0.1) is 10.7 Å². The van der Waals surface area contributed by atoms with E-state index in [2.05, 4.69) is 5.32 Å². The van der Waals surface area contributed by atoms with E-state index >= 15 is 0 Å². The number of hydrogen-bond donors (Lipinski definition) is 1. The Kier molecular flexibility index (Phi) is 4.04. The molecule has 0 atom stereocenters. The van der Waals surface area contributed by atoms with Crippen molar-refractivity contribution in [2.24, 2.45) is 0 Å². The average Bonchev–Trinajstić information content (AvgIpc) is 2.30. The Balaban J connectivity index is 2.13. The van der Waals surface area contributed by atoms with Crippen molar-refractivity contribution >= 4 is 28.9 Å². The molecule has 0 saturated heterocycles. The van der Waals surface area contributed by atoms with Gasteiger partial charge in [0.1, 0.15) is 5.82 Å². The molecule has 1 N–H and O–H groups in total. The third kappa shape index (κ3) is 3.12. The Morgan fingerprint density at radius 2 is 1.67 bits per heavy atom. The normalized spacial score (nSPS) is 10.4. The second-order valence-corrected chi connectivity index (χ2v) is 4.57. The molecular weight excluding hydrogens is 279 g/mol. The summed E-state index contributed by atoms with van der Waals surface area (Å²) in [6.45, 7) is 0.374. The predicted molar refractivity (Wildman–Crippen MR) is 70.1 cm³/mol. The fourth-order valence-corrected chi connectivity index (χ4v) is 1.89. The quantitative estimate of drug-likeness (QED) is 0.848. The highest BCUT2D eigenvalue weighted by molar-refractivity contribution is 6.33. The number of halogens is 4. The molecule has 0 bridgehead atoms. The highest BCUT2D eigenvalue weighted by Gasteiger charge is 2.09. The minimum atomic E-state index is -0.714. The van der Waals surface area contributed by atoms with Crippen molar-refractivity contribution < 1.29 is 8.78 Å². The van der Waals surface area contributed by atoms with Gasteiger partial charge in [-0.25, -0.2) is 8.78 Å². The van der Waals surface area contributed by atoms with Crippen LogP contribution < -0.4 is 5.32 Å². The summed E-state index contributed by atoms with van der Waals surface area (Å²) in [7, 11) is 0. The molecule has 5 heteroatoms. The van der Waals surface area contributed by atoms with Gasteiger partial charge in [-0.3, -0.25) is 0 Å². The third-order valence-electron chi connectivity index (χ3n) is 2.39. The van der Waals surface area contributed by atoms with Crippen LogP contribution in [0.2, 0.25) is 10.0 Å². The van der Waals surface area contributed by atoms with Crippen molar-refractivity contribution in [2.45, 2.75) is 6.54 Å². The molecule has 1 nitrogen and oxygen atoms in total. The van der Waals surface area contributed by atoms with Crippen molar-refractivity contribution in [3.63, 3.8) is 0 Å². The van der Waals surface area contributed by atoms with Crippen LogP contribution in [0.3, 0.4) is 0 Å². The highest BCUT2D eigenvalue weighted by atomic mass is 35.5. The number of rotatable bonds is 3. The molecule has 0 aliphatic heterocycles. The number of benzene rings is 2. The molecule has 0 aliphatic rings. The van der Waals surface area contributed by atoms with Crippen LogP contribution in [0, 0.1) is 11.6 Å². The molecular formula is C13H9Cl2F2N. The van der Waals surface area contributed by atoms with Gasteiger partial charge < -0.3 is 5.32 Å². The largest absolute Gasteiger partial charge is 0.377 e. The molecule has 0 saturated carbocycles. The fraction of sp³-hybridized carbons (Fsp3) is 0.0769. The minimum absolute atomic E-state index is 0.0152. The maximum atomic E-state index is 13.5. The lowest BCUT2D eigenvalue weighted by atomic mass is 10.2. The molecule has 2 aromatic carbocycles. The smallest absolute Gasteiger partial charge is 0.150 e. The standard InChI is InChI=1S/C13H9Cl2F2N/c14-9-3-1-8(2-4-9)7-18-13-11(15)5-10(16)6-12(13)17/h1-6,18H,7H2. The SMILES string of the molecule is Fc1cc(F)c(NCc2ccc(Cl)cc2)c(Cl)c1. The van der Waals surface area contributed by atoms with E-state index in [1.165, 1.54) is 0 Å². The van der Waals surface area contributed by atoms with Gasteiger partial charge in [-0.05, 0) is 23.8 Å². The molecule has 94 valence electrons. The van der Waals surface area contributed by atoms with Crippen LogP contribution in [0.5, 0.6) is 0 Å². The summed E-state index contributed by atoms with van der Waals surface area (Å²) in [6, 6.07) is 8.95. The van der Waals surface area contributed by atoms with Crippen molar-refractivity contribution in [1.29, 1.82) is 0 Å². The van der Waals surface area contributed by atoms with E-state index in [4.69, 9.17) is 23.2 Å². The number of nitrogens with one attached hydrogen (secondary N) is 1. The zero-order valence-electron chi connectivity index (χ0n) is 9.18. The van der Waals surface area contributed by atoms with E-state index in [9.17, 15) is 8.78 Å². The third-order valence-corrected chi connectivity index (χ3v) is 2.94.